The molecule has 130 valence electrons. The lowest BCUT2D eigenvalue weighted by atomic mass is 10.2. The number of hydrogen-bond donors (Lipinski definition) is 0. The van der Waals surface area contributed by atoms with Crippen LogP contribution in [0.5, 0.6) is 5.75 Å². The van der Waals surface area contributed by atoms with Crippen LogP contribution in [0.1, 0.15) is 25.8 Å². The van der Waals surface area contributed by atoms with Gasteiger partial charge in [0.2, 0.25) is 0 Å². The molecule has 2 rings (SSSR count). The first kappa shape index (κ1) is 18.8. The molecular formula is C17H20ClNO4S. The van der Waals surface area contributed by atoms with Crippen LogP contribution in [0, 0.1) is 0 Å². The summed E-state index contributed by atoms with van der Waals surface area (Å²) in [6, 6.07) is 5.29. The highest BCUT2D eigenvalue weighted by atomic mass is 35.5. The molecule has 0 aromatic heterocycles. The summed E-state index contributed by atoms with van der Waals surface area (Å²) in [7, 11) is 1.59. The number of hydrogen-bond acceptors (Lipinski definition) is 5. The molecule has 1 fully saturated rings. The van der Waals surface area contributed by atoms with Crippen molar-refractivity contribution in [3.05, 3.63) is 33.7 Å². The second kappa shape index (κ2) is 8.55. The van der Waals surface area contributed by atoms with Gasteiger partial charge in [-0.3, -0.25) is 14.5 Å². The number of thioether (sulfide) groups is 1. The number of rotatable bonds is 7. The standard InChI is InChI=1S/C17H20ClNO4S/c1-11(2)23-14-6-5-12(9-13(14)18)10-15-16(20)19(17(21)24-15)7-4-8-22-3/h5-6,9-11H,4,7-8H2,1-3H3/b15-10+. The van der Waals surface area contributed by atoms with E-state index in [9.17, 15) is 9.59 Å². The second-order valence-electron chi connectivity index (χ2n) is 5.54. The number of imide groups is 1. The molecule has 7 heteroatoms. The van der Waals surface area contributed by atoms with Crippen LogP contribution in [0.3, 0.4) is 0 Å². The molecule has 1 heterocycles. The molecule has 0 unspecified atom stereocenters. The van der Waals surface area contributed by atoms with Crippen LogP contribution >= 0.6 is 23.4 Å². The fraction of sp³-hybridized carbons (Fsp3) is 0.412. The zero-order valence-corrected chi connectivity index (χ0v) is 15.4. The van der Waals surface area contributed by atoms with Crippen LogP contribution in [0.2, 0.25) is 5.02 Å². The van der Waals surface area contributed by atoms with Crippen molar-refractivity contribution in [2.24, 2.45) is 0 Å². The van der Waals surface area contributed by atoms with Gasteiger partial charge < -0.3 is 9.47 Å². The predicted octanol–water partition coefficient (Wildman–Crippen LogP) is 4.20. The molecule has 1 aliphatic heterocycles. The van der Waals surface area contributed by atoms with Crippen LogP contribution in [0.15, 0.2) is 23.1 Å². The summed E-state index contributed by atoms with van der Waals surface area (Å²) in [4.78, 5) is 25.9. The SMILES string of the molecule is COCCCN1C(=O)S/C(=C/c2ccc(OC(C)C)c(Cl)c2)C1=O. The number of carbonyl (C=O) groups excluding carboxylic acids is 2. The zero-order valence-electron chi connectivity index (χ0n) is 13.9. The Morgan fingerprint density at radius 1 is 1.33 bits per heavy atom. The van der Waals surface area contributed by atoms with Gasteiger partial charge in [-0.25, -0.2) is 0 Å². The summed E-state index contributed by atoms with van der Waals surface area (Å²) >= 11 is 7.14. The van der Waals surface area contributed by atoms with E-state index in [0.29, 0.717) is 35.2 Å². The Bertz CT molecular complexity index is 660. The summed E-state index contributed by atoms with van der Waals surface area (Å²) < 4.78 is 10.5. The van der Waals surface area contributed by atoms with E-state index in [1.807, 2.05) is 19.9 Å². The van der Waals surface area contributed by atoms with E-state index in [4.69, 9.17) is 21.1 Å². The van der Waals surface area contributed by atoms with Crippen LogP contribution in [-0.2, 0) is 9.53 Å². The lowest BCUT2D eigenvalue weighted by Gasteiger charge is -2.12. The fourth-order valence-corrected chi connectivity index (χ4v) is 3.27. The number of carbonyl (C=O) groups is 2. The molecule has 5 nitrogen and oxygen atoms in total. The normalized spacial score (nSPS) is 16.5. The summed E-state index contributed by atoms with van der Waals surface area (Å²) in [6.07, 6.45) is 2.32. The maximum absolute atomic E-state index is 12.3. The third-order valence-corrected chi connectivity index (χ3v) is 4.42. The van der Waals surface area contributed by atoms with Gasteiger partial charge in [-0.05, 0) is 55.8 Å². The van der Waals surface area contributed by atoms with Gasteiger partial charge in [0.25, 0.3) is 11.1 Å². The van der Waals surface area contributed by atoms with Gasteiger partial charge >= 0.3 is 0 Å². The Kier molecular flexibility index (Phi) is 6.71. The number of nitrogens with zero attached hydrogens (tertiary/aromatic N) is 1. The molecule has 1 saturated heterocycles. The molecule has 0 spiro atoms. The maximum Gasteiger partial charge on any atom is 0.293 e. The summed E-state index contributed by atoms with van der Waals surface area (Å²) in [5, 5.41) is 0.213. The highest BCUT2D eigenvalue weighted by Crippen LogP contribution is 2.34. The molecule has 0 aliphatic carbocycles. The maximum atomic E-state index is 12.3. The Morgan fingerprint density at radius 3 is 2.71 bits per heavy atom. The van der Waals surface area contributed by atoms with Gasteiger partial charge in [-0.2, -0.15) is 0 Å². The van der Waals surface area contributed by atoms with Crippen molar-refractivity contribution in [1.29, 1.82) is 0 Å². The number of methoxy groups -OCH3 is 1. The molecule has 1 aromatic rings. The van der Waals surface area contributed by atoms with Crippen molar-refractivity contribution >= 4 is 40.6 Å². The van der Waals surface area contributed by atoms with Gasteiger partial charge in [-0.15, -0.1) is 0 Å². The number of halogens is 1. The molecule has 0 bridgehead atoms. The van der Waals surface area contributed by atoms with Crippen molar-refractivity contribution in [2.45, 2.75) is 26.4 Å². The summed E-state index contributed by atoms with van der Waals surface area (Å²) in [5.41, 5.74) is 0.749. The summed E-state index contributed by atoms with van der Waals surface area (Å²) in [6.45, 7) is 4.71. The van der Waals surface area contributed by atoms with E-state index in [1.54, 1.807) is 25.3 Å². The summed E-state index contributed by atoms with van der Waals surface area (Å²) in [5.74, 6) is 0.316. The Hall–Kier alpha value is -1.50. The topological polar surface area (TPSA) is 55.8 Å². The lowest BCUT2D eigenvalue weighted by molar-refractivity contribution is -0.122. The molecule has 0 radical (unpaired) electrons. The van der Waals surface area contributed by atoms with Gasteiger partial charge in [0.1, 0.15) is 5.75 Å². The van der Waals surface area contributed by atoms with E-state index in [2.05, 4.69) is 0 Å². The van der Waals surface area contributed by atoms with E-state index in [1.165, 1.54) is 4.90 Å². The highest BCUT2D eigenvalue weighted by Gasteiger charge is 2.34. The third kappa shape index (κ3) is 4.75. The molecule has 1 aromatic carbocycles. The lowest BCUT2D eigenvalue weighted by Crippen LogP contribution is -2.29. The van der Waals surface area contributed by atoms with Gasteiger partial charge in [0.05, 0.1) is 16.0 Å². The zero-order chi connectivity index (χ0) is 17.7. The molecule has 0 N–H and O–H groups in total. The van der Waals surface area contributed by atoms with Crippen LogP contribution in [0.4, 0.5) is 4.79 Å². The minimum Gasteiger partial charge on any atom is -0.489 e. The first-order valence-electron chi connectivity index (χ1n) is 7.63. The van der Waals surface area contributed by atoms with Crippen molar-refractivity contribution in [3.8, 4) is 5.75 Å². The van der Waals surface area contributed by atoms with Gasteiger partial charge in [0, 0.05) is 20.3 Å². The Morgan fingerprint density at radius 2 is 2.08 bits per heavy atom. The fourth-order valence-electron chi connectivity index (χ4n) is 2.17. The highest BCUT2D eigenvalue weighted by molar-refractivity contribution is 8.18. The average molecular weight is 370 g/mol. The Labute approximate surface area is 150 Å². The number of benzene rings is 1. The van der Waals surface area contributed by atoms with Crippen molar-refractivity contribution in [3.63, 3.8) is 0 Å². The average Bonchev–Trinajstić information content (AvgIpc) is 2.77. The monoisotopic (exact) mass is 369 g/mol. The largest absolute Gasteiger partial charge is 0.489 e. The first-order valence-corrected chi connectivity index (χ1v) is 8.82. The minimum atomic E-state index is -0.278. The molecule has 24 heavy (non-hydrogen) atoms. The molecule has 1 aliphatic rings. The quantitative estimate of drug-likeness (QED) is 0.532. The van der Waals surface area contributed by atoms with Crippen LogP contribution < -0.4 is 4.74 Å². The Balaban J connectivity index is 2.12. The molecule has 0 saturated carbocycles. The smallest absolute Gasteiger partial charge is 0.293 e. The number of amides is 2. The first-order chi connectivity index (χ1) is 11.4. The molecule has 2 amide bonds. The van der Waals surface area contributed by atoms with Crippen molar-refractivity contribution < 1.29 is 19.1 Å². The van der Waals surface area contributed by atoms with E-state index in [0.717, 1.165) is 17.3 Å². The van der Waals surface area contributed by atoms with Crippen LogP contribution in [0.25, 0.3) is 6.08 Å². The van der Waals surface area contributed by atoms with Crippen molar-refractivity contribution in [1.82, 2.24) is 4.90 Å². The predicted molar refractivity (Wildman–Crippen MR) is 96.4 cm³/mol. The number of ether oxygens (including phenoxy) is 2. The van der Waals surface area contributed by atoms with E-state index < -0.39 is 0 Å². The van der Waals surface area contributed by atoms with Crippen molar-refractivity contribution in [2.75, 3.05) is 20.3 Å². The third-order valence-electron chi connectivity index (χ3n) is 3.22. The van der Waals surface area contributed by atoms with Gasteiger partial charge in [0.15, 0.2) is 0 Å². The minimum absolute atomic E-state index is 0.0250. The van der Waals surface area contributed by atoms with Gasteiger partial charge in [-0.1, -0.05) is 17.7 Å². The second-order valence-corrected chi connectivity index (χ2v) is 6.94. The van der Waals surface area contributed by atoms with E-state index in [-0.39, 0.29) is 17.3 Å². The molecular weight excluding hydrogens is 350 g/mol. The van der Waals surface area contributed by atoms with E-state index >= 15 is 0 Å². The molecule has 0 atom stereocenters. The van der Waals surface area contributed by atoms with Crippen LogP contribution in [-0.4, -0.2) is 42.4 Å².